The first-order valence-electron chi connectivity index (χ1n) is 10.3. The first-order valence-corrected chi connectivity index (χ1v) is 10.3. The second kappa shape index (κ2) is 8.35. The van der Waals surface area contributed by atoms with Crippen molar-refractivity contribution in [2.75, 3.05) is 5.32 Å². The van der Waals surface area contributed by atoms with Crippen LogP contribution in [0.25, 0.3) is 11.4 Å². The molecule has 0 radical (unpaired) electrons. The van der Waals surface area contributed by atoms with Crippen molar-refractivity contribution in [2.24, 2.45) is 0 Å². The average Bonchev–Trinajstić information content (AvgIpc) is 3.23. The minimum absolute atomic E-state index is 0.00485. The Kier molecular flexibility index (Phi) is 5.19. The number of nitriles is 1. The molecule has 174 valence electrons. The fraction of sp³-hybridized carbons (Fsp3) is 0.217. The van der Waals surface area contributed by atoms with Gasteiger partial charge in [-0.15, -0.1) is 0 Å². The first-order chi connectivity index (χ1) is 16.9. The molecule has 2 N–H and O–H groups in total. The Bertz CT molecular complexity index is 1540. The van der Waals surface area contributed by atoms with Crippen LogP contribution in [0.5, 0.6) is 0 Å². The number of ether oxygens (including phenoxy) is 1. The molecule has 0 bridgehead atoms. The molecule has 1 saturated carbocycles. The fourth-order valence-corrected chi connectivity index (χ4v) is 3.28. The average molecular weight is 473 g/mol. The number of hydrogen-bond acceptors (Lipinski definition) is 10. The molecule has 0 spiro atoms. The summed E-state index contributed by atoms with van der Waals surface area (Å²) >= 11 is 0. The van der Waals surface area contributed by atoms with Gasteiger partial charge < -0.3 is 23.2 Å². The summed E-state index contributed by atoms with van der Waals surface area (Å²) in [6.07, 6.45) is 0.0240. The summed E-state index contributed by atoms with van der Waals surface area (Å²) in [5.41, 5.74) is 0.408. The summed E-state index contributed by atoms with van der Waals surface area (Å²) in [5, 5.41) is 24.6. The molecule has 1 aliphatic carbocycles. The van der Waals surface area contributed by atoms with Gasteiger partial charge in [0.2, 0.25) is 17.3 Å². The Hall–Kier alpha value is -5.10. The van der Waals surface area contributed by atoms with Gasteiger partial charge in [-0.2, -0.15) is 15.2 Å². The molecule has 0 aliphatic heterocycles. The standard InChI is InChI=1S/C23H15N5O7/c1-12-4-2-3-5-13(12)11-32-22(31)26-17-14(10-24)28-35-15(17)6-7-16-25-18-19(33-16)27-20(34-18)23(8-9-23)21(29)30/h2-5H,8-9,11H2,1H3,(H,26,31)(H,29,30). The smallest absolute Gasteiger partial charge is 0.412 e. The molecule has 1 aromatic carbocycles. The number of hydrogen-bond donors (Lipinski definition) is 2. The fourth-order valence-electron chi connectivity index (χ4n) is 3.28. The number of carboxylic acid groups (broad SMARTS) is 1. The topological polar surface area (TPSA) is 178 Å². The molecule has 0 saturated heterocycles. The van der Waals surface area contributed by atoms with E-state index in [4.69, 9.17) is 18.1 Å². The Morgan fingerprint density at radius 3 is 2.66 bits per heavy atom. The van der Waals surface area contributed by atoms with Gasteiger partial charge in [-0.3, -0.25) is 10.1 Å². The molecular formula is C23H15N5O7. The van der Waals surface area contributed by atoms with Gasteiger partial charge in [0, 0.05) is 5.92 Å². The maximum atomic E-state index is 12.3. The number of amides is 1. The van der Waals surface area contributed by atoms with Crippen molar-refractivity contribution in [3.63, 3.8) is 0 Å². The highest BCUT2D eigenvalue weighted by Crippen LogP contribution is 2.48. The zero-order chi connectivity index (χ0) is 24.6. The summed E-state index contributed by atoms with van der Waals surface area (Å²) in [4.78, 5) is 31.8. The van der Waals surface area contributed by atoms with Gasteiger partial charge in [0.15, 0.2) is 0 Å². The van der Waals surface area contributed by atoms with Crippen molar-refractivity contribution in [3.05, 3.63) is 58.6 Å². The number of carbonyl (C=O) groups is 2. The molecular weight excluding hydrogens is 458 g/mol. The van der Waals surface area contributed by atoms with Crippen molar-refractivity contribution < 1.29 is 32.8 Å². The molecule has 35 heavy (non-hydrogen) atoms. The van der Waals surface area contributed by atoms with Gasteiger partial charge in [-0.1, -0.05) is 29.4 Å². The number of carboxylic acids is 1. The highest BCUT2D eigenvalue weighted by molar-refractivity contribution is 5.87. The number of rotatable bonds is 5. The number of benzene rings is 1. The van der Waals surface area contributed by atoms with Gasteiger partial charge in [0.1, 0.15) is 23.8 Å². The minimum Gasteiger partial charge on any atom is -0.480 e. The van der Waals surface area contributed by atoms with Crippen LogP contribution in [0.2, 0.25) is 0 Å². The quantitative estimate of drug-likeness (QED) is 0.406. The SMILES string of the molecule is Cc1ccccc1COC(=O)Nc1c(C#N)noc1C#Cc1nc2oc(C3(C(=O)O)CC3)nc2o1. The van der Waals surface area contributed by atoms with Crippen molar-refractivity contribution in [1.82, 2.24) is 15.1 Å². The molecule has 4 aromatic rings. The Labute approximate surface area is 196 Å². The highest BCUT2D eigenvalue weighted by atomic mass is 16.5. The van der Waals surface area contributed by atoms with E-state index in [-0.39, 0.29) is 47.0 Å². The molecule has 1 fully saturated rings. The molecule has 3 aromatic heterocycles. The molecule has 12 heteroatoms. The van der Waals surface area contributed by atoms with Crippen LogP contribution in [0.1, 0.15) is 47.2 Å². The van der Waals surface area contributed by atoms with E-state index < -0.39 is 17.5 Å². The number of fused-ring (bicyclic) bond motifs is 1. The lowest BCUT2D eigenvalue weighted by Gasteiger charge is -2.07. The van der Waals surface area contributed by atoms with Gasteiger partial charge in [-0.25, -0.2) is 4.79 Å². The van der Waals surface area contributed by atoms with E-state index in [0.29, 0.717) is 12.8 Å². The number of anilines is 1. The summed E-state index contributed by atoms with van der Waals surface area (Å²) in [6, 6.07) is 9.23. The second-order valence-corrected chi connectivity index (χ2v) is 7.76. The van der Waals surface area contributed by atoms with Crippen LogP contribution in [0, 0.1) is 30.1 Å². The lowest BCUT2D eigenvalue weighted by atomic mass is 10.1. The third kappa shape index (κ3) is 4.05. The zero-order valence-electron chi connectivity index (χ0n) is 18.1. The van der Waals surface area contributed by atoms with Crippen molar-refractivity contribution >= 4 is 29.2 Å². The molecule has 12 nitrogen and oxygen atoms in total. The predicted octanol–water partition coefficient (Wildman–Crippen LogP) is 3.25. The third-order valence-electron chi connectivity index (χ3n) is 5.47. The Morgan fingerprint density at radius 1 is 1.20 bits per heavy atom. The number of aryl methyl sites for hydroxylation is 1. The van der Waals surface area contributed by atoms with Gasteiger partial charge in [0.25, 0.3) is 17.3 Å². The van der Waals surface area contributed by atoms with E-state index in [2.05, 4.69) is 32.3 Å². The highest BCUT2D eigenvalue weighted by Gasteiger charge is 2.56. The van der Waals surface area contributed by atoms with Crippen LogP contribution in [-0.4, -0.2) is 32.3 Å². The van der Waals surface area contributed by atoms with Gasteiger partial charge >= 0.3 is 12.1 Å². The first kappa shape index (κ1) is 21.7. The van der Waals surface area contributed by atoms with Crippen molar-refractivity contribution in [2.45, 2.75) is 31.8 Å². The number of oxazole rings is 2. The van der Waals surface area contributed by atoms with E-state index in [9.17, 15) is 20.0 Å². The lowest BCUT2D eigenvalue weighted by molar-refractivity contribution is -0.140. The predicted molar refractivity (Wildman–Crippen MR) is 115 cm³/mol. The largest absolute Gasteiger partial charge is 0.480 e. The molecule has 1 aliphatic rings. The minimum atomic E-state index is -1.13. The molecule has 1 amide bonds. The summed E-state index contributed by atoms with van der Waals surface area (Å²) in [5.74, 6) is 3.95. The lowest BCUT2D eigenvalue weighted by Crippen LogP contribution is -2.19. The maximum Gasteiger partial charge on any atom is 0.412 e. The van der Waals surface area contributed by atoms with Crippen LogP contribution >= 0.6 is 0 Å². The Morgan fingerprint density at radius 2 is 1.97 bits per heavy atom. The van der Waals surface area contributed by atoms with Crippen LogP contribution in [0.4, 0.5) is 10.5 Å². The molecule has 0 unspecified atom stereocenters. The number of nitrogens with one attached hydrogen (secondary N) is 1. The number of aromatic nitrogens is 3. The zero-order valence-corrected chi connectivity index (χ0v) is 18.1. The van der Waals surface area contributed by atoms with E-state index in [1.807, 2.05) is 31.2 Å². The Balaban J connectivity index is 1.32. The van der Waals surface area contributed by atoms with E-state index in [1.54, 1.807) is 6.07 Å². The second-order valence-electron chi connectivity index (χ2n) is 7.76. The molecule has 3 heterocycles. The summed E-state index contributed by atoms with van der Waals surface area (Å²) in [6.45, 7) is 1.92. The van der Waals surface area contributed by atoms with Crippen LogP contribution in [0.15, 0.2) is 37.6 Å². The molecule has 0 atom stereocenters. The van der Waals surface area contributed by atoms with E-state index >= 15 is 0 Å². The van der Waals surface area contributed by atoms with Crippen molar-refractivity contribution in [1.29, 1.82) is 5.26 Å². The van der Waals surface area contributed by atoms with Crippen LogP contribution in [-0.2, 0) is 21.6 Å². The summed E-state index contributed by atoms with van der Waals surface area (Å²) < 4.78 is 21.1. The van der Waals surface area contributed by atoms with Gasteiger partial charge in [-0.05, 0) is 36.8 Å². The van der Waals surface area contributed by atoms with Gasteiger partial charge in [0.05, 0.1) is 0 Å². The third-order valence-corrected chi connectivity index (χ3v) is 5.47. The van der Waals surface area contributed by atoms with E-state index in [0.717, 1.165) is 11.1 Å². The maximum absolute atomic E-state index is 12.3. The number of carbonyl (C=O) groups excluding carboxylic acids is 1. The monoisotopic (exact) mass is 473 g/mol. The summed E-state index contributed by atoms with van der Waals surface area (Å²) in [7, 11) is 0. The number of aliphatic carboxylic acids is 1. The van der Waals surface area contributed by atoms with E-state index in [1.165, 1.54) is 0 Å². The van der Waals surface area contributed by atoms with Crippen molar-refractivity contribution in [3.8, 4) is 17.9 Å². The normalized spacial score (nSPS) is 13.5. The van der Waals surface area contributed by atoms with Crippen LogP contribution < -0.4 is 5.32 Å². The molecule has 5 rings (SSSR count). The van der Waals surface area contributed by atoms with Crippen LogP contribution in [0.3, 0.4) is 0 Å². The number of nitrogens with zero attached hydrogens (tertiary/aromatic N) is 4.